The molecule has 25 heavy (non-hydrogen) atoms. The normalized spacial score (nSPS) is 17.5. The summed E-state index contributed by atoms with van der Waals surface area (Å²) in [6.07, 6.45) is 3.53. The van der Waals surface area contributed by atoms with Crippen LogP contribution in [-0.4, -0.2) is 27.6 Å². The maximum Gasteiger partial charge on any atom is 0.267 e. The fourth-order valence-corrected chi connectivity index (χ4v) is 3.50. The van der Waals surface area contributed by atoms with Gasteiger partial charge in [-0.1, -0.05) is 34.1 Å². The summed E-state index contributed by atoms with van der Waals surface area (Å²) in [6, 6.07) is 14.3. The number of thioether (sulfide) groups is 1. The minimum absolute atomic E-state index is 0.0923. The Kier molecular flexibility index (Phi) is 5.40. The second-order valence-electron chi connectivity index (χ2n) is 5.28. The quantitative estimate of drug-likeness (QED) is 0.568. The zero-order chi connectivity index (χ0) is 17.8. The zero-order valence-electron chi connectivity index (χ0n) is 13.2. The van der Waals surface area contributed by atoms with Crippen molar-refractivity contribution in [3.8, 4) is 5.75 Å². The molecule has 1 aliphatic heterocycles. The van der Waals surface area contributed by atoms with Crippen LogP contribution in [-0.2, 0) is 4.79 Å². The fraction of sp³-hybridized carbons (Fsp3) is 0.0526. The van der Waals surface area contributed by atoms with E-state index < -0.39 is 0 Å². The molecule has 1 amide bonds. The molecule has 0 saturated carbocycles. The van der Waals surface area contributed by atoms with Crippen LogP contribution in [0, 0.1) is 0 Å². The summed E-state index contributed by atoms with van der Waals surface area (Å²) in [4.78, 5) is 19.4. The van der Waals surface area contributed by atoms with Gasteiger partial charge in [0.25, 0.3) is 5.91 Å². The highest BCUT2D eigenvalue weighted by Crippen LogP contribution is 2.34. The molecule has 2 aromatic rings. The van der Waals surface area contributed by atoms with E-state index in [-0.39, 0.29) is 11.7 Å². The van der Waals surface area contributed by atoms with E-state index in [9.17, 15) is 9.90 Å². The van der Waals surface area contributed by atoms with Crippen molar-refractivity contribution in [1.29, 1.82) is 0 Å². The molecular formula is C19H15BrN2O2S. The van der Waals surface area contributed by atoms with Crippen molar-refractivity contribution in [1.82, 2.24) is 4.90 Å². The van der Waals surface area contributed by atoms with E-state index in [1.807, 2.05) is 30.3 Å². The first-order chi connectivity index (χ1) is 12.1. The van der Waals surface area contributed by atoms with E-state index in [4.69, 9.17) is 0 Å². The van der Waals surface area contributed by atoms with Gasteiger partial charge in [0.15, 0.2) is 5.17 Å². The molecule has 1 N–H and O–H groups in total. The summed E-state index contributed by atoms with van der Waals surface area (Å²) in [5, 5.41) is 9.97. The smallest absolute Gasteiger partial charge is 0.267 e. The average Bonchev–Trinajstić information content (AvgIpc) is 2.88. The number of aliphatic imine (C=N–C) groups is 1. The van der Waals surface area contributed by atoms with Crippen LogP contribution in [0.3, 0.4) is 0 Å². The third-order valence-electron chi connectivity index (χ3n) is 3.44. The number of benzene rings is 2. The first-order valence-electron chi connectivity index (χ1n) is 7.52. The second kappa shape index (κ2) is 7.72. The molecule has 0 aliphatic carbocycles. The number of amides is 1. The van der Waals surface area contributed by atoms with E-state index >= 15 is 0 Å². The predicted molar refractivity (Wildman–Crippen MR) is 107 cm³/mol. The van der Waals surface area contributed by atoms with Crippen LogP contribution in [0.4, 0.5) is 5.69 Å². The molecule has 0 bridgehead atoms. The van der Waals surface area contributed by atoms with Crippen LogP contribution in [0.15, 0.2) is 75.6 Å². The molecule has 2 aromatic carbocycles. The van der Waals surface area contributed by atoms with Crippen molar-refractivity contribution >= 4 is 50.5 Å². The molecular weight excluding hydrogens is 400 g/mol. The van der Waals surface area contributed by atoms with Crippen molar-refractivity contribution in [2.75, 3.05) is 6.54 Å². The number of hydrogen-bond donors (Lipinski definition) is 1. The Morgan fingerprint density at radius 2 is 1.84 bits per heavy atom. The summed E-state index contributed by atoms with van der Waals surface area (Å²) in [5.41, 5.74) is 1.62. The van der Waals surface area contributed by atoms with Gasteiger partial charge in [-0.15, -0.1) is 6.58 Å². The number of amidine groups is 1. The molecule has 4 nitrogen and oxygen atoms in total. The number of rotatable bonds is 4. The number of hydrogen-bond acceptors (Lipinski definition) is 4. The Hall–Kier alpha value is -2.31. The van der Waals surface area contributed by atoms with Gasteiger partial charge in [0.2, 0.25) is 0 Å². The topological polar surface area (TPSA) is 52.9 Å². The van der Waals surface area contributed by atoms with Gasteiger partial charge in [0.05, 0.1) is 10.6 Å². The number of phenolic OH excluding ortho intramolecular Hbond substituents is 1. The van der Waals surface area contributed by atoms with E-state index in [1.54, 1.807) is 35.2 Å². The first kappa shape index (κ1) is 17.5. The third-order valence-corrected chi connectivity index (χ3v) is 4.98. The van der Waals surface area contributed by atoms with Crippen LogP contribution < -0.4 is 0 Å². The van der Waals surface area contributed by atoms with Crippen molar-refractivity contribution in [3.05, 3.63) is 76.1 Å². The van der Waals surface area contributed by atoms with E-state index in [0.29, 0.717) is 22.3 Å². The number of halogens is 1. The number of carbonyl (C=O) groups is 1. The maximum absolute atomic E-state index is 12.7. The van der Waals surface area contributed by atoms with Crippen LogP contribution >= 0.6 is 27.7 Å². The van der Waals surface area contributed by atoms with Crippen LogP contribution in [0.1, 0.15) is 5.56 Å². The lowest BCUT2D eigenvalue weighted by molar-refractivity contribution is -0.121. The highest BCUT2D eigenvalue weighted by molar-refractivity contribution is 9.10. The fourth-order valence-electron chi connectivity index (χ4n) is 2.23. The van der Waals surface area contributed by atoms with Gasteiger partial charge < -0.3 is 5.11 Å². The Labute approximate surface area is 158 Å². The summed E-state index contributed by atoms with van der Waals surface area (Å²) in [6.45, 7) is 4.10. The molecule has 3 rings (SSSR count). The number of aromatic hydroxyl groups is 1. The van der Waals surface area contributed by atoms with E-state index in [2.05, 4.69) is 27.5 Å². The molecule has 1 fully saturated rings. The highest BCUT2D eigenvalue weighted by Gasteiger charge is 2.32. The summed E-state index contributed by atoms with van der Waals surface area (Å²) < 4.78 is 0.989. The summed E-state index contributed by atoms with van der Waals surface area (Å²) in [5.74, 6) is 0.0863. The van der Waals surface area contributed by atoms with Crippen molar-refractivity contribution in [2.45, 2.75) is 0 Å². The van der Waals surface area contributed by atoms with Gasteiger partial charge in [0.1, 0.15) is 5.75 Å². The molecule has 0 aromatic heterocycles. The van der Waals surface area contributed by atoms with Gasteiger partial charge in [-0.05, 0) is 59.8 Å². The predicted octanol–water partition coefficient (Wildman–Crippen LogP) is 4.94. The van der Waals surface area contributed by atoms with Crippen molar-refractivity contribution in [3.63, 3.8) is 0 Å². The van der Waals surface area contributed by atoms with Crippen LogP contribution in [0.25, 0.3) is 6.08 Å². The average molecular weight is 415 g/mol. The lowest BCUT2D eigenvalue weighted by Gasteiger charge is -2.12. The molecule has 1 aliphatic rings. The van der Waals surface area contributed by atoms with Crippen LogP contribution in [0.5, 0.6) is 5.75 Å². The van der Waals surface area contributed by atoms with Gasteiger partial charge in [-0.3, -0.25) is 9.69 Å². The van der Waals surface area contributed by atoms with E-state index in [0.717, 1.165) is 10.0 Å². The van der Waals surface area contributed by atoms with Gasteiger partial charge in [0, 0.05) is 11.0 Å². The lowest BCUT2D eigenvalue weighted by Crippen LogP contribution is -2.29. The molecule has 1 saturated heterocycles. The minimum Gasteiger partial charge on any atom is -0.508 e. The van der Waals surface area contributed by atoms with Crippen molar-refractivity contribution in [2.24, 2.45) is 4.99 Å². The highest BCUT2D eigenvalue weighted by atomic mass is 79.9. The van der Waals surface area contributed by atoms with E-state index in [1.165, 1.54) is 11.8 Å². The monoisotopic (exact) mass is 414 g/mol. The third kappa shape index (κ3) is 4.21. The second-order valence-corrected chi connectivity index (χ2v) is 7.20. The Balaban J connectivity index is 1.93. The molecule has 6 heteroatoms. The Morgan fingerprint density at radius 3 is 2.48 bits per heavy atom. The number of phenols is 1. The Bertz CT molecular complexity index is 858. The molecule has 0 radical (unpaired) electrons. The molecule has 126 valence electrons. The summed E-state index contributed by atoms with van der Waals surface area (Å²) in [7, 11) is 0. The number of nitrogens with zero attached hydrogens (tertiary/aromatic N) is 2. The van der Waals surface area contributed by atoms with Gasteiger partial charge in [-0.25, -0.2) is 4.99 Å². The maximum atomic E-state index is 12.7. The van der Waals surface area contributed by atoms with Gasteiger partial charge in [-0.2, -0.15) is 0 Å². The molecule has 0 unspecified atom stereocenters. The van der Waals surface area contributed by atoms with Crippen LogP contribution in [0.2, 0.25) is 0 Å². The van der Waals surface area contributed by atoms with Gasteiger partial charge >= 0.3 is 0 Å². The lowest BCUT2D eigenvalue weighted by atomic mass is 10.2. The minimum atomic E-state index is -0.0923. The molecule has 0 atom stereocenters. The SMILES string of the molecule is C=CCN1C(=O)C(=Cc2ccc(Br)cc2)SC1=Nc1ccc(O)cc1. The van der Waals surface area contributed by atoms with Crippen molar-refractivity contribution < 1.29 is 9.90 Å². The summed E-state index contributed by atoms with van der Waals surface area (Å²) >= 11 is 4.73. The largest absolute Gasteiger partial charge is 0.508 e. The molecule has 1 heterocycles. The Morgan fingerprint density at radius 1 is 1.16 bits per heavy atom. The standard InChI is InChI=1S/C19H15BrN2O2S/c1-2-11-22-18(24)17(12-13-3-5-14(20)6-4-13)25-19(22)21-15-7-9-16(23)10-8-15/h2-10,12,23H,1,11H2. The molecule has 0 spiro atoms. The first-order valence-corrected chi connectivity index (χ1v) is 9.13. The number of carbonyl (C=O) groups excluding carboxylic acids is 1. The zero-order valence-corrected chi connectivity index (χ0v) is 15.6.